The van der Waals surface area contributed by atoms with E-state index in [-0.39, 0.29) is 23.5 Å². The summed E-state index contributed by atoms with van der Waals surface area (Å²) >= 11 is 1.20. The summed E-state index contributed by atoms with van der Waals surface area (Å²) in [5.74, 6) is -0.441. The highest BCUT2D eigenvalue weighted by Crippen LogP contribution is 2.37. The van der Waals surface area contributed by atoms with Crippen LogP contribution in [-0.4, -0.2) is 56.4 Å². The molecule has 1 saturated heterocycles. The fourth-order valence-electron chi connectivity index (χ4n) is 3.73. The van der Waals surface area contributed by atoms with Crippen molar-refractivity contribution in [3.05, 3.63) is 53.2 Å². The summed E-state index contributed by atoms with van der Waals surface area (Å²) in [4.78, 5) is 25.6. The third kappa shape index (κ3) is 4.59. The van der Waals surface area contributed by atoms with E-state index in [1.54, 1.807) is 16.9 Å². The number of rotatable bonds is 5. The third-order valence-corrected chi connectivity index (χ3v) is 6.86. The maximum absolute atomic E-state index is 13.9. The van der Waals surface area contributed by atoms with Gasteiger partial charge in [-0.1, -0.05) is 18.2 Å². The van der Waals surface area contributed by atoms with Crippen molar-refractivity contribution in [2.24, 2.45) is 5.73 Å². The Bertz CT molecular complexity index is 1150. The number of benzene rings is 1. The van der Waals surface area contributed by atoms with Crippen LogP contribution in [0.5, 0.6) is 0 Å². The number of primary amides is 1. The average Bonchev–Trinajstić information content (AvgIpc) is 3.31. The number of thiophene rings is 1. The molecule has 3 aromatic rings. The molecule has 165 valence electrons. The zero-order chi connectivity index (χ0) is 22.9. The van der Waals surface area contributed by atoms with Crippen molar-refractivity contribution in [1.82, 2.24) is 20.4 Å². The maximum atomic E-state index is 13.9. The predicted molar refractivity (Wildman–Crippen MR) is 123 cm³/mol. The van der Waals surface area contributed by atoms with Crippen molar-refractivity contribution in [1.29, 1.82) is 0 Å². The Morgan fingerprint density at radius 3 is 2.81 bits per heavy atom. The quantitative estimate of drug-likeness (QED) is 0.430. The summed E-state index contributed by atoms with van der Waals surface area (Å²) in [5.41, 5.74) is 8.22. The first kappa shape index (κ1) is 22.2. The number of nitrogens with one attached hydrogen (secondary N) is 3. The molecule has 2 aromatic heterocycles. The number of anilines is 1. The number of hydrogen-bond donors (Lipinski definition) is 4. The third-order valence-electron chi connectivity index (χ3n) is 5.19. The lowest BCUT2D eigenvalue weighted by molar-refractivity contribution is 0.0905. The Morgan fingerprint density at radius 1 is 1.38 bits per heavy atom. The van der Waals surface area contributed by atoms with Crippen LogP contribution in [-0.2, 0) is 0 Å². The predicted octanol–water partition coefficient (Wildman–Crippen LogP) is 2.33. The first-order valence-corrected chi connectivity index (χ1v) is 11.3. The minimum Gasteiger partial charge on any atom is -0.351 e. The van der Waals surface area contributed by atoms with E-state index in [9.17, 15) is 14.0 Å². The number of nitrogens with two attached hydrogens (primary N) is 1. The maximum Gasteiger partial charge on any atom is 0.316 e. The molecule has 1 fully saturated rings. The SMILES string of the molecule is Cc1c(-c2cc(NC(N)=O)c(C(=O)N[C@@]3([Si])CNC[C@@H](F)C3)s2)cnn1-c1ccccc1. The van der Waals surface area contributed by atoms with E-state index in [0.29, 0.717) is 6.54 Å². The molecule has 32 heavy (non-hydrogen) atoms. The number of alkyl halides is 1. The number of carbonyl (C=O) groups is 2. The molecular formula is C21H22FN6O2SSi. The summed E-state index contributed by atoms with van der Waals surface area (Å²) in [7, 11) is 3.51. The second kappa shape index (κ2) is 8.85. The molecule has 0 bridgehead atoms. The van der Waals surface area contributed by atoms with Crippen LogP contribution in [0, 0.1) is 6.92 Å². The largest absolute Gasteiger partial charge is 0.351 e. The van der Waals surface area contributed by atoms with Crippen molar-refractivity contribution in [2.75, 3.05) is 18.4 Å². The number of para-hydroxylation sites is 1. The standard InChI is InChI=1S/C21H22FN6O2SSi/c1-12-15(10-25-28(12)14-5-3-2-4-6-14)17-7-16(26-20(23)30)18(31-17)19(29)27-21(32)8-13(22)9-24-11-21/h2-7,10,13,24H,8-9,11H2,1H3,(H,27,29)(H3,23,26,30)/t13-,21-/m0/s1. The molecule has 0 spiro atoms. The van der Waals surface area contributed by atoms with E-state index in [4.69, 9.17) is 5.73 Å². The Kier molecular flexibility index (Phi) is 6.13. The van der Waals surface area contributed by atoms with E-state index in [1.807, 2.05) is 37.3 Å². The molecule has 0 aliphatic carbocycles. The highest BCUT2D eigenvalue weighted by atomic mass is 32.1. The molecule has 11 heteroatoms. The molecule has 8 nitrogen and oxygen atoms in total. The van der Waals surface area contributed by atoms with Gasteiger partial charge in [-0.05, 0) is 25.1 Å². The molecule has 4 rings (SSSR count). The van der Waals surface area contributed by atoms with E-state index in [1.165, 1.54) is 11.3 Å². The Morgan fingerprint density at radius 2 is 2.12 bits per heavy atom. The molecule has 0 unspecified atom stereocenters. The van der Waals surface area contributed by atoms with Crippen LogP contribution in [0.4, 0.5) is 14.9 Å². The molecule has 2 atom stereocenters. The number of halogens is 1. The number of carbonyl (C=O) groups excluding carboxylic acids is 2. The summed E-state index contributed by atoms with van der Waals surface area (Å²) in [6.07, 6.45) is 0.756. The average molecular weight is 470 g/mol. The van der Waals surface area contributed by atoms with Crippen molar-refractivity contribution < 1.29 is 14.0 Å². The van der Waals surface area contributed by atoms with Gasteiger partial charge in [0.25, 0.3) is 5.91 Å². The van der Waals surface area contributed by atoms with E-state index in [0.717, 1.165) is 21.8 Å². The lowest BCUT2D eigenvalue weighted by atomic mass is 10.0. The number of amides is 3. The minimum absolute atomic E-state index is 0.127. The Balaban J connectivity index is 1.66. The second-order valence-corrected chi connectivity index (χ2v) is 9.71. The highest BCUT2D eigenvalue weighted by molar-refractivity contribution is 7.18. The molecule has 1 aliphatic rings. The second-order valence-electron chi connectivity index (χ2n) is 7.70. The van der Waals surface area contributed by atoms with Crippen LogP contribution < -0.4 is 21.7 Å². The van der Waals surface area contributed by atoms with E-state index in [2.05, 4.69) is 31.3 Å². The summed E-state index contributed by atoms with van der Waals surface area (Å²) in [6.45, 7) is 2.54. The van der Waals surface area contributed by atoms with Gasteiger partial charge < -0.3 is 21.7 Å². The highest BCUT2D eigenvalue weighted by Gasteiger charge is 2.35. The summed E-state index contributed by atoms with van der Waals surface area (Å²) in [6, 6.07) is 10.6. The monoisotopic (exact) mass is 469 g/mol. The molecule has 1 aliphatic heterocycles. The van der Waals surface area contributed by atoms with Crippen LogP contribution in [0.15, 0.2) is 42.6 Å². The zero-order valence-corrected chi connectivity index (χ0v) is 19.1. The van der Waals surface area contributed by atoms with Crippen molar-refractivity contribution in [3.63, 3.8) is 0 Å². The van der Waals surface area contributed by atoms with Crippen LogP contribution in [0.2, 0.25) is 0 Å². The molecule has 1 aromatic carbocycles. The molecule has 5 N–H and O–H groups in total. The van der Waals surface area contributed by atoms with Crippen LogP contribution >= 0.6 is 11.3 Å². The zero-order valence-electron chi connectivity index (χ0n) is 17.3. The normalized spacial score (nSPS) is 20.7. The van der Waals surface area contributed by atoms with Gasteiger partial charge in [0.2, 0.25) is 0 Å². The van der Waals surface area contributed by atoms with E-state index >= 15 is 0 Å². The fraction of sp³-hybridized carbons (Fsp3) is 0.286. The number of aromatic nitrogens is 2. The van der Waals surface area contributed by atoms with Crippen LogP contribution in [0.25, 0.3) is 16.1 Å². The first-order valence-electron chi connectivity index (χ1n) is 9.99. The first-order chi connectivity index (χ1) is 15.3. The van der Waals surface area contributed by atoms with Crippen molar-refractivity contribution in [3.8, 4) is 16.1 Å². The Labute approximate surface area is 191 Å². The van der Waals surface area contributed by atoms with Crippen LogP contribution in [0.1, 0.15) is 21.8 Å². The topological polar surface area (TPSA) is 114 Å². The Hall–Kier alpha value is -3.02. The molecule has 0 saturated carbocycles. The summed E-state index contributed by atoms with van der Waals surface area (Å²) in [5, 5.41) is 11.8. The van der Waals surface area contributed by atoms with Gasteiger partial charge in [0, 0.05) is 40.8 Å². The van der Waals surface area contributed by atoms with Gasteiger partial charge in [0.1, 0.15) is 11.0 Å². The van der Waals surface area contributed by atoms with Gasteiger partial charge in [-0.2, -0.15) is 5.10 Å². The van der Waals surface area contributed by atoms with Gasteiger partial charge in [-0.15, -0.1) is 11.3 Å². The number of urea groups is 1. The van der Waals surface area contributed by atoms with Gasteiger partial charge in [0.05, 0.1) is 27.8 Å². The smallest absolute Gasteiger partial charge is 0.316 e. The van der Waals surface area contributed by atoms with Crippen molar-refractivity contribution >= 4 is 39.2 Å². The van der Waals surface area contributed by atoms with Gasteiger partial charge in [0.15, 0.2) is 0 Å². The lowest BCUT2D eigenvalue weighted by Gasteiger charge is -2.36. The van der Waals surface area contributed by atoms with Crippen LogP contribution in [0.3, 0.4) is 0 Å². The number of nitrogens with zero attached hydrogens (tertiary/aromatic N) is 2. The summed E-state index contributed by atoms with van der Waals surface area (Å²) < 4.78 is 15.7. The van der Waals surface area contributed by atoms with Gasteiger partial charge in [-0.25, -0.2) is 13.9 Å². The lowest BCUT2D eigenvalue weighted by Crippen LogP contribution is -2.61. The number of piperidine rings is 1. The molecular weight excluding hydrogens is 447 g/mol. The number of hydrogen-bond acceptors (Lipinski definition) is 5. The molecule has 3 amide bonds. The van der Waals surface area contributed by atoms with Gasteiger partial charge in [-0.3, -0.25) is 4.79 Å². The van der Waals surface area contributed by atoms with Gasteiger partial charge >= 0.3 is 6.03 Å². The molecule has 3 radical (unpaired) electrons. The fourth-order valence-corrected chi connectivity index (χ4v) is 5.26. The van der Waals surface area contributed by atoms with Crippen molar-refractivity contribution in [2.45, 2.75) is 24.7 Å². The van der Waals surface area contributed by atoms with E-state index < -0.39 is 23.3 Å². The minimum atomic E-state index is -1.09. The molecule has 3 heterocycles.